The Balaban J connectivity index is 2.27. The lowest BCUT2D eigenvalue weighted by Crippen LogP contribution is -2.00. The highest BCUT2D eigenvalue weighted by molar-refractivity contribution is 5.57. The van der Waals surface area contributed by atoms with Crippen LogP contribution >= 0.6 is 0 Å². The maximum absolute atomic E-state index is 13.1. The topological polar surface area (TPSA) is 64.9 Å². The lowest BCUT2D eigenvalue weighted by molar-refractivity contribution is 0.498. The van der Waals surface area contributed by atoms with Crippen molar-refractivity contribution in [2.45, 2.75) is 19.8 Å². The van der Waals surface area contributed by atoms with Gasteiger partial charge in [0.25, 0.3) is 0 Å². The summed E-state index contributed by atoms with van der Waals surface area (Å²) in [6.07, 6.45) is 1.45. The summed E-state index contributed by atoms with van der Waals surface area (Å²) in [6, 6.07) is 4.49. The zero-order valence-corrected chi connectivity index (χ0v) is 9.61. The molecule has 2 rings (SSSR count). The van der Waals surface area contributed by atoms with Crippen molar-refractivity contribution < 1.29 is 8.81 Å². The van der Waals surface area contributed by atoms with Crippen LogP contribution in [0.2, 0.25) is 0 Å². The quantitative estimate of drug-likeness (QED) is 0.881. The largest absolute Gasteiger partial charge is 0.421 e. The number of hydrogen-bond donors (Lipinski definition) is 1. The van der Waals surface area contributed by atoms with Crippen molar-refractivity contribution in [1.29, 1.82) is 0 Å². The molecule has 17 heavy (non-hydrogen) atoms. The number of halogens is 1. The average Bonchev–Trinajstić information content (AvgIpc) is 2.78. The molecule has 0 radical (unpaired) electrons. The van der Waals surface area contributed by atoms with E-state index in [1.165, 1.54) is 12.1 Å². The molecule has 0 spiro atoms. The van der Waals surface area contributed by atoms with Gasteiger partial charge in [0.05, 0.1) is 0 Å². The standard InChI is InChI=1S/C12H14FN3O/c1-8-4-5-9(13)7-10(8)12-16-15-11(17-12)3-2-6-14/h4-5,7H,2-3,6,14H2,1H3. The van der Waals surface area contributed by atoms with Crippen LogP contribution in [0.5, 0.6) is 0 Å². The molecular formula is C12H14FN3O. The number of nitrogens with two attached hydrogens (primary N) is 1. The van der Waals surface area contributed by atoms with Gasteiger partial charge in [-0.3, -0.25) is 0 Å². The van der Waals surface area contributed by atoms with Crippen molar-refractivity contribution in [3.63, 3.8) is 0 Å². The fourth-order valence-corrected chi connectivity index (χ4v) is 1.54. The third-order valence-electron chi connectivity index (χ3n) is 2.49. The van der Waals surface area contributed by atoms with Crippen LogP contribution < -0.4 is 5.73 Å². The van der Waals surface area contributed by atoms with E-state index in [2.05, 4.69) is 10.2 Å². The van der Waals surface area contributed by atoms with Gasteiger partial charge in [-0.1, -0.05) is 6.07 Å². The molecule has 0 bridgehead atoms. The van der Waals surface area contributed by atoms with Crippen LogP contribution in [0.1, 0.15) is 17.9 Å². The summed E-state index contributed by atoms with van der Waals surface area (Å²) in [4.78, 5) is 0. The van der Waals surface area contributed by atoms with Gasteiger partial charge < -0.3 is 10.2 Å². The number of rotatable bonds is 4. The fraction of sp³-hybridized carbons (Fsp3) is 0.333. The third-order valence-corrected chi connectivity index (χ3v) is 2.49. The molecule has 5 heteroatoms. The van der Waals surface area contributed by atoms with Crippen molar-refractivity contribution in [2.24, 2.45) is 5.73 Å². The Morgan fingerprint density at radius 1 is 1.35 bits per heavy atom. The maximum Gasteiger partial charge on any atom is 0.248 e. The Morgan fingerprint density at radius 3 is 2.94 bits per heavy atom. The molecule has 1 aromatic carbocycles. The summed E-state index contributed by atoms with van der Waals surface area (Å²) in [5.41, 5.74) is 6.94. The number of hydrogen-bond acceptors (Lipinski definition) is 4. The number of benzene rings is 1. The second-order valence-corrected chi connectivity index (χ2v) is 3.85. The zero-order chi connectivity index (χ0) is 12.3. The highest BCUT2D eigenvalue weighted by Crippen LogP contribution is 2.23. The molecule has 90 valence electrons. The molecule has 0 saturated heterocycles. The predicted octanol–water partition coefficient (Wildman–Crippen LogP) is 2.08. The van der Waals surface area contributed by atoms with Crippen molar-refractivity contribution in [1.82, 2.24) is 10.2 Å². The van der Waals surface area contributed by atoms with E-state index >= 15 is 0 Å². The molecule has 0 atom stereocenters. The Labute approximate surface area is 98.7 Å². The van der Waals surface area contributed by atoms with Crippen LogP contribution in [0.15, 0.2) is 22.6 Å². The lowest BCUT2D eigenvalue weighted by atomic mass is 10.1. The number of aromatic nitrogens is 2. The SMILES string of the molecule is Cc1ccc(F)cc1-c1nnc(CCCN)o1. The van der Waals surface area contributed by atoms with Crippen LogP contribution in [-0.2, 0) is 6.42 Å². The van der Waals surface area contributed by atoms with E-state index in [0.717, 1.165) is 12.0 Å². The smallest absolute Gasteiger partial charge is 0.248 e. The van der Waals surface area contributed by atoms with Crippen molar-refractivity contribution in [2.75, 3.05) is 6.54 Å². The van der Waals surface area contributed by atoms with Gasteiger partial charge in [-0.25, -0.2) is 4.39 Å². The van der Waals surface area contributed by atoms with Gasteiger partial charge in [0, 0.05) is 12.0 Å². The Bertz CT molecular complexity index is 510. The molecule has 0 fully saturated rings. The van der Waals surface area contributed by atoms with Crippen molar-refractivity contribution in [3.05, 3.63) is 35.5 Å². The molecule has 0 saturated carbocycles. The first-order valence-electron chi connectivity index (χ1n) is 5.49. The second-order valence-electron chi connectivity index (χ2n) is 3.85. The minimum Gasteiger partial charge on any atom is -0.421 e. The van der Waals surface area contributed by atoms with E-state index in [1.54, 1.807) is 6.07 Å². The number of nitrogens with zero attached hydrogens (tertiary/aromatic N) is 2. The van der Waals surface area contributed by atoms with Gasteiger partial charge >= 0.3 is 0 Å². The van der Waals surface area contributed by atoms with Crippen molar-refractivity contribution >= 4 is 0 Å². The van der Waals surface area contributed by atoms with E-state index in [9.17, 15) is 4.39 Å². The normalized spacial score (nSPS) is 10.8. The van der Waals surface area contributed by atoms with Gasteiger partial charge in [-0.2, -0.15) is 0 Å². The summed E-state index contributed by atoms with van der Waals surface area (Å²) in [5.74, 6) is 0.579. The van der Waals surface area contributed by atoms with E-state index in [1.807, 2.05) is 6.92 Å². The van der Waals surface area contributed by atoms with Crippen molar-refractivity contribution in [3.8, 4) is 11.5 Å². The van der Waals surface area contributed by atoms with E-state index in [-0.39, 0.29) is 5.82 Å². The van der Waals surface area contributed by atoms with Gasteiger partial charge in [0.1, 0.15) is 5.82 Å². The average molecular weight is 235 g/mol. The van der Waals surface area contributed by atoms with Gasteiger partial charge in [0.15, 0.2) is 0 Å². The highest BCUT2D eigenvalue weighted by atomic mass is 19.1. The molecule has 2 aromatic rings. The van der Waals surface area contributed by atoms with Gasteiger partial charge in [-0.15, -0.1) is 10.2 Å². The van der Waals surface area contributed by atoms with Crippen LogP contribution in [0.3, 0.4) is 0 Å². The van der Waals surface area contributed by atoms with Crippen LogP contribution in [-0.4, -0.2) is 16.7 Å². The van der Waals surface area contributed by atoms with E-state index in [4.69, 9.17) is 10.2 Å². The minimum absolute atomic E-state index is 0.313. The molecule has 0 aliphatic heterocycles. The predicted molar refractivity (Wildman–Crippen MR) is 61.8 cm³/mol. The molecule has 4 nitrogen and oxygen atoms in total. The third kappa shape index (κ3) is 2.68. The Hall–Kier alpha value is -1.75. The summed E-state index contributed by atoms with van der Waals surface area (Å²) in [6.45, 7) is 2.45. The fourth-order valence-electron chi connectivity index (χ4n) is 1.54. The van der Waals surface area contributed by atoms with Gasteiger partial charge in [0.2, 0.25) is 11.8 Å². The first kappa shape index (κ1) is 11.7. The summed E-state index contributed by atoms with van der Waals surface area (Å²) in [7, 11) is 0. The molecule has 2 N–H and O–H groups in total. The maximum atomic E-state index is 13.1. The van der Waals surface area contributed by atoms with Gasteiger partial charge in [-0.05, 0) is 37.6 Å². The highest BCUT2D eigenvalue weighted by Gasteiger charge is 2.11. The molecular weight excluding hydrogens is 221 g/mol. The first-order chi connectivity index (χ1) is 8.20. The summed E-state index contributed by atoms with van der Waals surface area (Å²) >= 11 is 0. The zero-order valence-electron chi connectivity index (χ0n) is 9.61. The molecule has 0 amide bonds. The van der Waals surface area contributed by atoms with Crippen LogP contribution in [0.4, 0.5) is 4.39 Å². The number of aryl methyl sites for hydroxylation is 2. The van der Waals surface area contributed by atoms with Crippen LogP contribution in [0.25, 0.3) is 11.5 Å². The summed E-state index contributed by atoms with van der Waals surface area (Å²) < 4.78 is 18.6. The molecule has 0 aliphatic rings. The second kappa shape index (κ2) is 5.05. The first-order valence-corrected chi connectivity index (χ1v) is 5.49. The van der Waals surface area contributed by atoms with E-state index < -0.39 is 0 Å². The molecule has 1 aromatic heterocycles. The van der Waals surface area contributed by atoms with Crippen LogP contribution in [0, 0.1) is 12.7 Å². The Kier molecular flexibility index (Phi) is 3.49. The minimum atomic E-state index is -0.313. The van der Waals surface area contributed by atoms with E-state index in [0.29, 0.717) is 30.3 Å². The molecule has 0 aliphatic carbocycles. The molecule has 1 heterocycles. The summed E-state index contributed by atoms with van der Waals surface area (Å²) in [5, 5.41) is 7.82. The Morgan fingerprint density at radius 2 is 2.18 bits per heavy atom. The molecule has 0 unspecified atom stereocenters. The monoisotopic (exact) mass is 235 g/mol. The lowest BCUT2D eigenvalue weighted by Gasteiger charge is -2.00.